The Hall–Kier alpha value is -0.930. The van der Waals surface area contributed by atoms with Gasteiger partial charge >= 0.3 is 0 Å². The molecule has 1 aliphatic rings. The molecule has 0 bridgehead atoms. The van der Waals surface area contributed by atoms with Crippen LogP contribution in [0.15, 0.2) is 12.1 Å². The highest BCUT2D eigenvalue weighted by atomic mass is 35.5. The van der Waals surface area contributed by atoms with Crippen LogP contribution in [-0.2, 0) is 6.42 Å². The third-order valence-electron chi connectivity index (χ3n) is 3.28. The van der Waals surface area contributed by atoms with E-state index < -0.39 is 0 Å². The average molecular weight is 271 g/mol. The van der Waals surface area contributed by atoms with E-state index in [9.17, 15) is 0 Å². The minimum Gasteiger partial charge on any atom is -0.493 e. The number of aryl methyl sites for hydroxylation is 1. The Morgan fingerprint density at radius 3 is 2.67 bits per heavy atom. The summed E-state index contributed by atoms with van der Waals surface area (Å²) in [5, 5.41) is 9.55. The number of halogens is 1. The summed E-state index contributed by atoms with van der Waals surface area (Å²) in [4.78, 5) is 0. The van der Waals surface area contributed by atoms with Crippen molar-refractivity contribution in [2.45, 2.75) is 38.2 Å². The molecule has 1 saturated carbocycles. The Labute approximate surface area is 113 Å². The van der Waals surface area contributed by atoms with E-state index in [0.29, 0.717) is 23.3 Å². The number of ether oxygens (including phenoxy) is 2. The van der Waals surface area contributed by atoms with Gasteiger partial charge in [-0.15, -0.1) is 0 Å². The molecular formula is C14H19ClO3. The molecule has 100 valence electrons. The van der Waals surface area contributed by atoms with E-state index in [1.165, 1.54) is 6.42 Å². The topological polar surface area (TPSA) is 38.7 Å². The highest BCUT2D eigenvalue weighted by Crippen LogP contribution is 2.36. The molecule has 1 fully saturated rings. The van der Waals surface area contributed by atoms with Gasteiger partial charge < -0.3 is 14.6 Å². The Kier molecular flexibility index (Phi) is 4.72. The van der Waals surface area contributed by atoms with Gasteiger partial charge in [0, 0.05) is 17.7 Å². The van der Waals surface area contributed by atoms with Gasteiger partial charge in [-0.3, -0.25) is 0 Å². The molecule has 1 N–H and O–H groups in total. The van der Waals surface area contributed by atoms with Crippen LogP contribution in [0.2, 0.25) is 5.02 Å². The van der Waals surface area contributed by atoms with Crippen LogP contribution >= 0.6 is 11.6 Å². The third kappa shape index (κ3) is 3.09. The van der Waals surface area contributed by atoms with Crippen molar-refractivity contribution in [3.8, 4) is 11.5 Å². The highest BCUT2D eigenvalue weighted by Gasteiger charge is 2.21. The molecule has 18 heavy (non-hydrogen) atoms. The number of hydrogen-bond donors (Lipinski definition) is 1. The molecule has 0 heterocycles. The number of benzene rings is 1. The molecule has 0 amide bonds. The maximum atomic E-state index is 8.88. The Balaban J connectivity index is 2.17. The van der Waals surface area contributed by atoms with Crippen molar-refractivity contribution in [1.82, 2.24) is 0 Å². The molecule has 0 saturated heterocycles. The second-order valence-corrected chi connectivity index (χ2v) is 5.00. The Bertz CT molecular complexity index is 402. The highest BCUT2D eigenvalue weighted by molar-refractivity contribution is 6.31. The lowest BCUT2D eigenvalue weighted by Gasteiger charge is -2.27. The van der Waals surface area contributed by atoms with Gasteiger partial charge in [-0.25, -0.2) is 0 Å². The van der Waals surface area contributed by atoms with Gasteiger partial charge in [0.25, 0.3) is 0 Å². The molecule has 0 aromatic heterocycles. The van der Waals surface area contributed by atoms with Crippen LogP contribution in [-0.4, -0.2) is 24.9 Å². The first kappa shape index (κ1) is 13.5. The van der Waals surface area contributed by atoms with Crippen molar-refractivity contribution < 1.29 is 14.6 Å². The fourth-order valence-corrected chi connectivity index (χ4v) is 2.21. The maximum absolute atomic E-state index is 8.88. The van der Waals surface area contributed by atoms with E-state index >= 15 is 0 Å². The molecule has 3 nitrogen and oxygen atoms in total. The van der Waals surface area contributed by atoms with Crippen molar-refractivity contribution in [3.05, 3.63) is 22.7 Å². The van der Waals surface area contributed by atoms with Gasteiger partial charge in [0.2, 0.25) is 0 Å². The summed E-state index contributed by atoms with van der Waals surface area (Å²) in [5.41, 5.74) is 1.00. The predicted octanol–water partition coefficient (Wildman–Crippen LogP) is 3.20. The molecule has 0 unspecified atom stereocenters. The average Bonchev–Trinajstić information content (AvgIpc) is 2.33. The van der Waals surface area contributed by atoms with Crippen molar-refractivity contribution in [1.29, 1.82) is 0 Å². The predicted molar refractivity (Wildman–Crippen MR) is 71.7 cm³/mol. The SMILES string of the molecule is COc1cc(Cl)c(CCCO)cc1OC1CCC1. The van der Waals surface area contributed by atoms with Crippen LogP contribution in [0, 0.1) is 0 Å². The van der Waals surface area contributed by atoms with E-state index in [-0.39, 0.29) is 6.61 Å². The maximum Gasteiger partial charge on any atom is 0.162 e. The molecule has 2 rings (SSSR count). The molecule has 0 spiro atoms. The van der Waals surface area contributed by atoms with E-state index in [1.807, 2.05) is 6.07 Å². The van der Waals surface area contributed by atoms with Crippen molar-refractivity contribution in [3.63, 3.8) is 0 Å². The van der Waals surface area contributed by atoms with Crippen LogP contribution in [0.4, 0.5) is 0 Å². The van der Waals surface area contributed by atoms with E-state index in [1.54, 1.807) is 13.2 Å². The van der Waals surface area contributed by atoms with Crippen LogP contribution in [0.1, 0.15) is 31.2 Å². The van der Waals surface area contributed by atoms with Gasteiger partial charge in [0.05, 0.1) is 13.2 Å². The van der Waals surface area contributed by atoms with Gasteiger partial charge in [0.1, 0.15) is 0 Å². The minimum atomic E-state index is 0.168. The first-order valence-electron chi connectivity index (χ1n) is 6.38. The summed E-state index contributed by atoms with van der Waals surface area (Å²) in [6.07, 6.45) is 5.22. The quantitative estimate of drug-likeness (QED) is 0.863. The van der Waals surface area contributed by atoms with Crippen LogP contribution < -0.4 is 9.47 Å². The minimum absolute atomic E-state index is 0.168. The molecule has 0 aliphatic heterocycles. The zero-order chi connectivity index (χ0) is 13.0. The normalized spacial score (nSPS) is 15.3. The van der Waals surface area contributed by atoms with Gasteiger partial charge in [-0.1, -0.05) is 11.6 Å². The molecular weight excluding hydrogens is 252 g/mol. The summed E-state index contributed by atoms with van der Waals surface area (Å²) in [7, 11) is 1.62. The summed E-state index contributed by atoms with van der Waals surface area (Å²) in [5.74, 6) is 1.44. The molecule has 0 atom stereocenters. The van der Waals surface area contributed by atoms with Gasteiger partial charge in [-0.05, 0) is 43.7 Å². The van der Waals surface area contributed by atoms with Crippen LogP contribution in [0.3, 0.4) is 0 Å². The van der Waals surface area contributed by atoms with Crippen LogP contribution in [0.5, 0.6) is 11.5 Å². The molecule has 1 aliphatic carbocycles. The van der Waals surface area contributed by atoms with Crippen LogP contribution in [0.25, 0.3) is 0 Å². The zero-order valence-electron chi connectivity index (χ0n) is 10.6. The number of methoxy groups -OCH3 is 1. The second-order valence-electron chi connectivity index (χ2n) is 4.59. The molecule has 4 heteroatoms. The van der Waals surface area contributed by atoms with E-state index in [2.05, 4.69) is 0 Å². The van der Waals surface area contributed by atoms with Crippen molar-refractivity contribution in [2.24, 2.45) is 0 Å². The molecule has 1 aromatic rings. The Morgan fingerprint density at radius 1 is 1.33 bits per heavy atom. The second kappa shape index (κ2) is 6.30. The number of aliphatic hydroxyl groups is 1. The summed E-state index contributed by atoms with van der Waals surface area (Å²) in [6.45, 7) is 0.168. The number of rotatable bonds is 6. The zero-order valence-corrected chi connectivity index (χ0v) is 11.4. The summed E-state index contributed by atoms with van der Waals surface area (Å²) in [6, 6.07) is 3.73. The lowest BCUT2D eigenvalue weighted by molar-refractivity contribution is 0.116. The summed E-state index contributed by atoms with van der Waals surface area (Å²) < 4.78 is 11.2. The molecule has 1 aromatic carbocycles. The number of hydrogen-bond acceptors (Lipinski definition) is 3. The van der Waals surface area contributed by atoms with Gasteiger partial charge in [-0.2, -0.15) is 0 Å². The lowest BCUT2D eigenvalue weighted by atomic mass is 9.96. The largest absolute Gasteiger partial charge is 0.493 e. The lowest BCUT2D eigenvalue weighted by Crippen LogP contribution is -2.24. The van der Waals surface area contributed by atoms with Crippen molar-refractivity contribution in [2.75, 3.05) is 13.7 Å². The monoisotopic (exact) mass is 270 g/mol. The first-order chi connectivity index (χ1) is 8.74. The fraction of sp³-hybridized carbons (Fsp3) is 0.571. The fourth-order valence-electron chi connectivity index (χ4n) is 1.96. The summed E-state index contributed by atoms with van der Waals surface area (Å²) >= 11 is 6.18. The van der Waals surface area contributed by atoms with E-state index in [4.69, 9.17) is 26.2 Å². The van der Waals surface area contributed by atoms with Crippen molar-refractivity contribution >= 4 is 11.6 Å². The van der Waals surface area contributed by atoms with Gasteiger partial charge in [0.15, 0.2) is 11.5 Å². The number of aliphatic hydroxyl groups excluding tert-OH is 1. The van der Waals surface area contributed by atoms with E-state index in [0.717, 1.165) is 30.6 Å². The smallest absolute Gasteiger partial charge is 0.162 e. The Morgan fingerprint density at radius 2 is 2.11 bits per heavy atom. The first-order valence-corrected chi connectivity index (χ1v) is 6.76. The molecule has 0 radical (unpaired) electrons. The third-order valence-corrected chi connectivity index (χ3v) is 3.63. The standard InChI is InChI=1S/C14H19ClO3/c1-17-13-9-12(15)10(4-3-7-16)8-14(13)18-11-5-2-6-11/h8-9,11,16H,2-7H2,1H3.